The Morgan fingerprint density at radius 1 is 1.27 bits per heavy atom. The van der Waals surface area contributed by atoms with Crippen molar-refractivity contribution in [1.82, 2.24) is 9.80 Å². The Bertz CT molecular complexity index is 181. The normalized spacial score (nSPS) is 24.0. The summed E-state index contributed by atoms with van der Waals surface area (Å²) in [6, 6.07) is 0. The number of piperazine rings is 1. The quantitative estimate of drug-likeness (QED) is 0.700. The van der Waals surface area contributed by atoms with Crippen molar-refractivity contribution in [3.8, 4) is 0 Å². The van der Waals surface area contributed by atoms with Crippen molar-refractivity contribution in [2.45, 2.75) is 18.9 Å². The van der Waals surface area contributed by atoms with Gasteiger partial charge in [0.2, 0.25) is 0 Å². The number of methoxy groups -OCH3 is 1. The van der Waals surface area contributed by atoms with Crippen LogP contribution in [0.4, 0.5) is 0 Å². The van der Waals surface area contributed by atoms with E-state index in [4.69, 9.17) is 10.5 Å². The molecule has 1 atom stereocenters. The molecule has 0 spiro atoms. The third-order valence-corrected chi connectivity index (χ3v) is 3.55. The summed E-state index contributed by atoms with van der Waals surface area (Å²) >= 11 is 0. The lowest BCUT2D eigenvalue weighted by molar-refractivity contribution is 0.0326. The van der Waals surface area contributed by atoms with Crippen molar-refractivity contribution in [1.29, 1.82) is 0 Å². The highest BCUT2D eigenvalue weighted by Gasteiger charge is 2.31. The molecule has 0 aromatic carbocycles. The van der Waals surface area contributed by atoms with E-state index >= 15 is 0 Å². The van der Waals surface area contributed by atoms with E-state index in [1.54, 1.807) is 7.11 Å². The van der Waals surface area contributed by atoms with Gasteiger partial charge in [-0.05, 0) is 20.4 Å². The second-order valence-electron chi connectivity index (χ2n) is 4.73. The summed E-state index contributed by atoms with van der Waals surface area (Å²) in [7, 11) is 3.92. The molecule has 0 aromatic rings. The van der Waals surface area contributed by atoms with Gasteiger partial charge in [-0.25, -0.2) is 0 Å². The van der Waals surface area contributed by atoms with Gasteiger partial charge in [-0.15, -0.1) is 0 Å². The Labute approximate surface area is 93.4 Å². The zero-order valence-corrected chi connectivity index (χ0v) is 10.3. The molecule has 1 unspecified atom stereocenters. The fourth-order valence-electron chi connectivity index (χ4n) is 2.06. The Hall–Kier alpha value is -0.160. The zero-order valence-electron chi connectivity index (χ0n) is 10.3. The van der Waals surface area contributed by atoms with E-state index in [9.17, 15) is 0 Å². The lowest BCUT2D eigenvalue weighted by Gasteiger charge is -2.44. The van der Waals surface area contributed by atoms with E-state index in [2.05, 4.69) is 23.8 Å². The van der Waals surface area contributed by atoms with Crippen LogP contribution in [0.25, 0.3) is 0 Å². The Kier molecular flexibility index (Phi) is 4.99. The Morgan fingerprint density at radius 2 is 1.87 bits per heavy atom. The summed E-state index contributed by atoms with van der Waals surface area (Å²) in [6.07, 6.45) is 1.02. The lowest BCUT2D eigenvalue weighted by atomic mass is 9.95. The molecule has 1 aliphatic heterocycles. The van der Waals surface area contributed by atoms with Crippen LogP contribution in [0.15, 0.2) is 0 Å². The fraction of sp³-hybridized carbons (Fsp3) is 1.00. The molecule has 0 aliphatic carbocycles. The highest BCUT2D eigenvalue weighted by atomic mass is 16.5. The second kappa shape index (κ2) is 5.80. The zero-order chi connectivity index (χ0) is 11.3. The van der Waals surface area contributed by atoms with Crippen LogP contribution in [0.5, 0.6) is 0 Å². The highest BCUT2D eigenvalue weighted by molar-refractivity contribution is 4.89. The Balaban J connectivity index is 2.49. The van der Waals surface area contributed by atoms with E-state index in [1.165, 1.54) is 0 Å². The summed E-state index contributed by atoms with van der Waals surface area (Å²) in [6.45, 7) is 8.27. The van der Waals surface area contributed by atoms with Crippen molar-refractivity contribution in [2.75, 3.05) is 53.5 Å². The number of hydrogen-bond donors (Lipinski definition) is 1. The second-order valence-corrected chi connectivity index (χ2v) is 4.73. The van der Waals surface area contributed by atoms with Crippen molar-refractivity contribution < 1.29 is 4.74 Å². The van der Waals surface area contributed by atoms with Crippen LogP contribution in [0.1, 0.15) is 13.3 Å². The maximum atomic E-state index is 5.90. The summed E-state index contributed by atoms with van der Waals surface area (Å²) < 4.78 is 5.16. The lowest BCUT2D eigenvalue weighted by Crippen LogP contribution is -2.58. The van der Waals surface area contributed by atoms with Gasteiger partial charge in [0.15, 0.2) is 0 Å². The summed E-state index contributed by atoms with van der Waals surface area (Å²) in [5.74, 6) is 0. The van der Waals surface area contributed by atoms with Crippen LogP contribution in [-0.2, 0) is 4.74 Å². The summed E-state index contributed by atoms with van der Waals surface area (Å²) in [5.41, 5.74) is 6.01. The van der Waals surface area contributed by atoms with Crippen LogP contribution in [0.3, 0.4) is 0 Å². The largest absolute Gasteiger partial charge is 0.385 e. The topological polar surface area (TPSA) is 41.7 Å². The van der Waals surface area contributed by atoms with E-state index in [0.29, 0.717) is 6.54 Å². The SMILES string of the molecule is COCCC(C)(CN)N1CCN(C)CC1. The van der Waals surface area contributed by atoms with Crippen molar-refractivity contribution in [2.24, 2.45) is 5.73 Å². The molecule has 0 bridgehead atoms. The summed E-state index contributed by atoms with van der Waals surface area (Å²) in [4.78, 5) is 4.87. The Morgan fingerprint density at radius 3 is 2.33 bits per heavy atom. The molecule has 90 valence electrons. The molecule has 1 heterocycles. The van der Waals surface area contributed by atoms with E-state index in [1.807, 2.05) is 0 Å². The molecule has 0 saturated carbocycles. The minimum absolute atomic E-state index is 0.108. The van der Waals surface area contributed by atoms with Crippen LogP contribution < -0.4 is 5.73 Å². The average Bonchev–Trinajstić information content (AvgIpc) is 2.27. The van der Waals surface area contributed by atoms with Crippen molar-refractivity contribution in [3.05, 3.63) is 0 Å². The predicted molar refractivity (Wildman–Crippen MR) is 63.0 cm³/mol. The van der Waals surface area contributed by atoms with Gasteiger partial charge in [-0.2, -0.15) is 0 Å². The fourth-order valence-corrected chi connectivity index (χ4v) is 2.06. The molecule has 0 aromatic heterocycles. The minimum Gasteiger partial charge on any atom is -0.385 e. The van der Waals surface area contributed by atoms with Gasteiger partial charge < -0.3 is 15.4 Å². The van der Waals surface area contributed by atoms with Gasteiger partial charge >= 0.3 is 0 Å². The molecule has 0 amide bonds. The number of hydrogen-bond acceptors (Lipinski definition) is 4. The van der Waals surface area contributed by atoms with Crippen LogP contribution in [-0.4, -0.2) is 68.8 Å². The third-order valence-electron chi connectivity index (χ3n) is 3.55. The van der Waals surface area contributed by atoms with Gasteiger partial charge in [0.25, 0.3) is 0 Å². The molecule has 2 N–H and O–H groups in total. The number of ether oxygens (including phenoxy) is 1. The van der Waals surface area contributed by atoms with Crippen LogP contribution in [0, 0.1) is 0 Å². The standard InChI is InChI=1S/C11H25N3O/c1-11(10-12,4-9-15-3)14-7-5-13(2)6-8-14/h4-10,12H2,1-3H3. The van der Waals surface area contributed by atoms with Gasteiger partial charge in [0, 0.05) is 52.0 Å². The molecule has 1 rings (SSSR count). The smallest absolute Gasteiger partial charge is 0.0480 e. The minimum atomic E-state index is 0.108. The van der Waals surface area contributed by atoms with Gasteiger partial charge in [-0.3, -0.25) is 4.90 Å². The number of likely N-dealkylation sites (N-methyl/N-ethyl adjacent to an activating group) is 1. The monoisotopic (exact) mass is 215 g/mol. The number of nitrogens with zero attached hydrogens (tertiary/aromatic N) is 2. The maximum absolute atomic E-state index is 5.90. The van der Waals surface area contributed by atoms with Gasteiger partial charge in [0.1, 0.15) is 0 Å². The highest BCUT2D eigenvalue weighted by Crippen LogP contribution is 2.19. The van der Waals surface area contributed by atoms with E-state index < -0.39 is 0 Å². The third kappa shape index (κ3) is 3.41. The first-order valence-corrected chi connectivity index (χ1v) is 5.75. The average molecular weight is 215 g/mol. The molecule has 4 heteroatoms. The first kappa shape index (κ1) is 12.9. The predicted octanol–water partition coefficient (Wildman–Crippen LogP) is -0.0123. The molecule has 1 aliphatic rings. The molecular formula is C11H25N3O. The van der Waals surface area contributed by atoms with Crippen LogP contribution in [0.2, 0.25) is 0 Å². The van der Waals surface area contributed by atoms with Crippen LogP contribution >= 0.6 is 0 Å². The molecule has 1 saturated heterocycles. The van der Waals surface area contributed by atoms with E-state index in [0.717, 1.165) is 39.2 Å². The van der Waals surface area contributed by atoms with Gasteiger partial charge in [0.05, 0.1) is 0 Å². The van der Waals surface area contributed by atoms with Crippen molar-refractivity contribution in [3.63, 3.8) is 0 Å². The molecule has 1 fully saturated rings. The number of nitrogens with two attached hydrogens (primary N) is 1. The first-order valence-electron chi connectivity index (χ1n) is 5.75. The number of rotatable bonds is 5. The molecule has 4 nitrogen and oxygen atoms in total. The molecule has 0 radical (unpaired) electrons. The van der Waals surface area contributed by atoms with Crippen molar-refractivity contribution >= 4 is 0 Å². The first-order chi connectivity index (χ1) is 7.12. The maximum Gasteiger partial charge on any atom is 0.0480 e. The summed E-state index contributed by atoms with van der Waals surface area (Å²) in [5, 5.41) is 0. The molecular weight excluding hydrogens is 190 g/mol. The van der Waals surface area contributed by atoms with E-state index in [-0.39, 0.29) is 5.54 Å². The molecule has 15 heavy (non-hydrogen) atoms. The van der Waals surface area contributed by atoms with Gasteiger partial charge in [-0.1, -0.05) is 0 Å².